The predicted octanol–water partition coefficient (Wildman–Crippen LogP) is 3.98. The van der Waals surface area contributed by atoms with Gasteiger partial charge >= 0.3 is 0 Å². The van der Waals surface area contributed by atoms with Gasteiger partial charge in [-0.1, -0.05) is 24.3 Å². The number of aromatic hydroxyl groups is 2. The molecule has 0 aliphatic rings. The Labute approximate surface area is 139 Å². The number of fused-ring (bicyclic) bond motifs is 2. The first-order chi connectivity index (χ1) is 11.7. The van der Waals surface area contributed by atoms with E-state index in [4.69, 9.17) is 0 Å². The van der Waals surface area contributed by atoms with Crippen LogP contribution in [0.2, 0.25) is 0 Å². The first-order valence-corrected chi connectivity index (χ1v) is 7.85. The van der Waals surface area contributed by atoms with Crippen LogP contribution in [0.4, 0.5) is 0 Å². The summed E-state index contributed by atoms with van der Waals surface area (Å²) in [6, 6.07) is 15.0. The monoisotopic (exact) mass is 316 g/mol. The molecule has 0 atom stereocenters. The van der Waals surface area contributed by atoms with Crippen molar-refractivity contribution in [2.45, 2.75) is 12.8 Å². The van der Waals surface area contributed by atoms with E-state index in [0.717, 1.165) is 34.7 Å². The molecule has 4 rings (SSSR count). The van der Waals surface area contributed by atoms with E-state index < -0.39 is 0 Å². The van der Waals surface area contributed by atoms with Crippen LogP contribution in [-0.4, -0.2) is 20.2 Å². The van der Waals surface area contributed by atoms with Crippen LogP contribution in [0.25, 0.3) is 21.8 Å². The second kappa shape index (κ2) is 5.81. The molecule has 0 fully saturated rings. The highest BCUT2D eigenvalue weighted by Gasteiger charge is 2.09. The quantitative estimate of drug-likeness (QED) is 0.600. The van der Waals surface area contributed by atoms with Gasteiger partial charge in [0.2, 0.25) is 0 Å². The van der Waals surface area contributed by atoms with Crippen molar-refractivity contribution in [2.24, 2.45) is 0 Å². The summed E-state index contributed by atoms with van der Waals surface area (Å²) in [6.45, 7) is 0. The van der Waals surface area contributed by atoms with Crippen molar-refractivity contribution in [1.29, 1.82) is 0 Å². The molecule has 0 aliphatic heterocycles. The van der Waals surface area contributed by atoms with E-state index in [-0.39, 0.29) is 11.5 Å². The second-order valence-corrected chi connectivity index (χ2v) is 5.79. The number of aromatic nitrogens is 2. The molecule has 2 N–H and O–H groups in total. The highest BCUT2D eigenvalue weighted by molar-refractivity contribution is 5.88. The third kappa shape index (κ3) is 2.42. The number of phenols is 2. The Morgan fingerprint density at radius 2 is 1.08 bits per heavy atom. The van der Waals surface area contributed by atoms with Crippen molar-refractivity contribution in [1.82, 2.24) is 9.97 Å². The summed E-state index contributed by atoms with van der Waals surface area (Å²) in [5.41, 5.74) is 3.54. The molecule has 0 aliphatic carbocycles. The molecule has 0 unspecified atom stereocenters. The van der Waals surface area contributed by atoms with Crippen LogP contribution >= 0.6 is 0 Å². The summed E-state index contributed by atoms with van der Waals surface area (Å²) >= 11 is 0. The molecule has 2 aromatic carbocycles. The van der Waals surface area contributed by atoms with Crippen molar-refractivity contribution >= 4 is 21.8 Å². The smallest absolute Gasteiger partial charge is 0.141 e. The first kappa shape index (κ1) is 14.5. The van der Waals surface area contributed by atoms with E-state index in [1.54, 1.807) is 24.5 Å². The van der Waals surface area contributed by atoms with Crippen LogP contribution in [0.1, 0.15) is 11.1 Å². The lowest BCUT2D eigenvalue weighted by molar-refractivity contribution is 0.479. The lowest BCUT2D eigenvalue weighted by Gasteiger charge is -2.10. The maximum Gasteiger partial charge on any atom is 0.141 e. The SMILES string of the molecule is Oc1ccc(CCc2ccc(O)c3ncccc23)c2cccnc12. The van der Waals surface area contributed by atoms with E-state index in [9.17, 15) is 10.2 Å². The number of aryl methyl sites for hydroxylation is 2. The topological polar surface area (TPSA) is 66.2 Å². The Morgan fingerprint density at radius 3 is 1.54 bits per heavy atom. The van der Waals surface area contributed by atoms with Gasteiger partial charge in [0.1, 0.15) is 22.5 Å². The second-order valence-electron chi connectivity index (χ2n) is 5.79. The molecule has 0 bridgehead atoms. The fourth-order valence-electron chi connectivity index (χ4n) is 3.14. The molecule has 2 aromatic heterocycles. The number of pyridine rings is 2. The summed E-state index contributed by atoms with van der Waals surface area (Å²) in [5, 5.41) is 21.9. The first-order valence-electron chi connectivity index (χ1n) is 7.85. The van der Waals surface area contributed by atoms with Gasteiger partial charge < -0.3 is 10.2 Å². The molecule has 4 heteroatoms. The van der Waals surface area contributed by atoms with E-state index in [1.165, 1.54) is 0 Å². The Kier molecular flexibility index (Phi) is 3.50. The standard InChI is InChI=1S/C20H16N2O2/c23-17-9-7-13(15-3-1-11-21-19(15)17)5-6-14-8-10-18(24)20-16(14)4-2-12-22-20/h1-4,7-12,23-24H,5-6H2. The minimum atomic E-state index is 0.202. The molecule has 2 heterocycles. The van der Waals surface area contributed by atoms with Gasteiger partial charge in [-0.05, 0) is 48.2 Å². The molecule has 0 amide bonds. The third-order valence-electron chi connectivity index (χ3n) is 4.34. The normalized spacial score (nSPS) is 11.2. The number of nitrogens with zero attached hydrogens (tertiary/aromatic N) is 2. The van der Waals surface area contributed by atoms with Crippen LogP contribution in [0.5, 0.6) is 11.5 Å². The zero-order valence-electron chi connectivity index (χ0n) is 13.0. The molecule has 4 nitrogen and oxygen atoms in total. The molecular formula is C20H16N2O2. The average molecular weight is 316 g/mol. The minimum absolute atomic E-state index is 0.202. The zero-order valence-corrected chi connectivity index (χ0v) is 13.0. The summed E-state index contributed by atoms with van der Waals surface area (Å²) in [4.78, 5) is 8.53. The third-order valence-corrected chi connectivity index (χ3v) is 4.34. The van der Waals surface area contributed by atoms with Gasteiger partial charge in [0, 0.05) is 23.2 Å². The summed E-state index contributed by atoms with van der Waals surface area (Å²) in [6.07, 6.45) is 5.00. The number of hydrogen-bond acceptors (Lipinski definition) is 4. The van der Waals surface area contributed by atoms with Gasteiger partial charge in [-0.25, -0.2) is 0 Å². The van der Waals surface area contributed by atoms with Crippen LogP contribution in [0.15, 0.2) is 60.9 Å². The Bertz CT molecular complexity index is 959. The number of rotatable bonds is 3. The van der Waals surface area contributed by atoms with Crippen molar-refractivity contribution in [2.75, 3.05) is 0 Å². The largest absolute Gasteiger partial charge is 0.506 e. The van der Waals surface area contributed by atoms with Crippen molar-refractivity contribution in [3.8, 4) is 11.5 Å². The van der Waals surface area contributed by atoms with Crippen LogP contribution in [-0.2, 0) is 12.8 Å². The van der Waals surface area contributed by atoms with Crippen LogP contribution in [0, 0.1) is 0 Å². The van der Waals surface area contributed by atoms with E-state index in [2.05, 4.69) is 9.97 Å². The fourth-order valence-corrected chi connectivity index (χ4v) is 3.14. The van der Waals surface area contributed by atoms with Crippen molar-refractivity contribution in [3.05, 3.63) is 72.1 Å². The highest BCUT2D eigenvalue weighted by Crippen LogP contribution is 2.29. The lowest BCUT2D eigenvalue weighted by atomic mass is 9.97. The lowest BCUT2D eigenvalue weighted by Crippen LogP contribution is -1.95. The summed E-state index contributed by atoms with van der Waals surface area (Å²) < 4.78 is 0. The summed E-state index contributed by atoms with van der Waals surface area (Å²) in [7, 11) is 0. The van der Waals surface area contributed by atoms with E-state index >= 15 is 0 Å². The highest BCUT2D eigenvalue weighted by atomic mass is 16.3. The molecule has 0 saturated carbocycles. The van der Waals surface area contributed by atoms with E-state index in [1.807, 2.05) is 36.4 Å². The van der Waals surface area contributed by atoms with Crippen molar-refractivity contribution < 1.29 is 10.2 Å². The van der Waals surface area contributed by atoms with Crippen LogP contribution < -0.4 is 0 Å². The molecular weight excluding hydrogens is 300 g/mol. The summed E-state index contributed by atoms with van der Waals surface area (Å²) in [5.74, 6) is 0.405. The molecule has 0 radical (unpaired) electrons. The maximum absolute atomic E-state index is 9.95. The molecule has 0 spiro atoms. The molecule has 0 saturated heterocycles. The fraction of sp³-hybridized carbons (Fsp3) is 0.100. The zero-order chi connectivity index (χ0) is 16.5. The van der Waals surface area contributed by atoms with Gasteiger partial charge in [0.25, 0.3) is 0 Å². The molecule has 4 aromatic rings. The van der Waals surface area contributed by atoms with Gasteiger partial charge in [0.15, 0.2) is 0 Å². The van der Waals surface area contributed by atoms with Crippen molar-refractivity contribution in [3.63, 3.8) is 0 Å². The Morgan fingerprint density at radius 1 is 0.625 bits per heavy atom. The molecule has 24 heavy (non-hydrogen) atoms. The Balaban J connectivity index is 1.72. The number of benzene rings is 2. The van der Waals surface area contributed by atoms with Gasteiger partial charge in [-0.2, -0.15) is 0 Å². The van der Waals surface area contributed by atoms with E-state index in [0.29, 0.717) is 11.0 Å². The number of phenolic OH excluding ortho intramolecular Hbond substituents is 2. The maximum atomic E-state index is 9.95. The molecule has 118 valence electrons. The van der Waals surface area contributed by atoms with Crippen LogP contribution in [0.3, 0.4) is 0 Å². The van der Waals surface area contributed by atoms with Gasteiger partial charge in [0.05, 0.1) is 0 Å². The number of hydrogen-bond donors (Lipinski definition) is 2. The minimum Gasteiger partial charge on any atom is -0.506 e. The predicted molar refractivity (Wildman–Crippen MR) is 94.2 cm³/mol. The Hall–Kier alpha value is -3.14. The van der Waals surface area contributed by atoms with Gasteiger partial charge in [-0.15, -0.1) is 0 Å². The van der Waals surface area contributed by atoms with Gasteiger partial charge in [-0.3, -0.25) is 9.97 Å². The average Bonchev–Trinajstić information content (AvgIpc) is 2.63.